The van der Waals surface area contributed by atoms with Gasteiger partial charge >= 0.3 is 0 Å². The number of aryl methyl sites for hydroxylation is 1. The number of nitrogens with zero attached hydrogens (tertiary/aromatic N) is 3. The van der Waals surface area contributed by atoms with Crippen LogP contribution in [0.25, 0.3) is 11.2 Å². The Morgan fingerprint density at radius 2 is 2.06 bits per heavy atom. The molecule has 0 radical (unpaired) electrons. The van der Waals surface area contributed by atoms with Crippen molar-refractivity contribution in [1.82, 2.24) is 14.5 Å². The first kappa shape index (κ1) is 10.8. The average molecular weight is 229 g/mol. The highest BCUT2D eigenvalue weighted by Gasteiger charge is 2.41. The number of rotatable bonds is 2. The van der Waals surface area contributed by atoms with Gasteiger partial charge in [-0.15, -0.1) is 0 Å². The Labute approximate surface area is 102 Å². The predicted molar refractivity (Wildman–Crippen MR) is 69.2 cm³/mol. The Morgan fingerprint density at radius 1 is 1.35 bits per heavy atom. The summed E-state index contributed by atoms with van der Waals surface area (Å²) in [6.07, 6.45) is 4.48. The summed E-state index contributed by atoms with van der Waals surface area (Å²) in [4.78, 5) is 9.28. The quantitative estimate of drug-likeness (QED) is 0.792. The van der Waals surface area contributed by atoms with Gasteiger partial charge in [0.2, 0.25) is 0 Å². The van der Waals surface area contributed by atoms with Crippen LogP contribution in [0.4, 0.5) is 0 Å². The highest BCUT2D eigenvalue weighted by molar-refractivity contribution is 5.73. The van der Waals surface area contributed by atoms with Crippen molar-refractivity contribution in [2.45, 2.75) is 44.9 Å². The molecule has 0 aromatic carbocycles. The molecule has 0 N–H and O–H groups in total. The summed E-state index contributed by atoms with van der Waals surface area (Å²) in [5.41, 5.74) is 4.88. The van der Waals surface area contributed by atoms with Gasteiger partial charge in [-0.25, -0.2) is 4.98 Å². The van der Waals surface area contributed by atoms with Crippen LogP contribution in [0.3, 0.4) is 0 Å². The monoisotopic (exact) mass is 229 g/mol. The topological polar surface area (TPSA) is 30.7 Å². The number of aromatic nitrogens is 3. The zero-order valence-corrected chi connectivity index (χ0v) is 11.0. The molecule has 2 heterocycles. The minimum atomic E-state index is 0.370. The van der Waals surface area contributed by atoms with Crippen LogP contribution in [0, 0.1) is 0 Å². The van der Waals surface area contributed by atoms with E-state index in [1.807, 2.05) is 6.20 Å². The lowest BCUT2D eigenvalue weighted by atomic mass is 10.1. The molecule has 0 aliphatic heterocycles. The van der Waals surface area contributed by atoms with Gasteiger partial charge in [-0.05, 0) is 24.8 Å². The highest BCUT2D eigenvalue weighted by atomic mass is 15.1. The fourth-order valence-corrected chi connectivity index (χ4v) is 2.39. The maximum atomic E-state index is 4.74. The zero-order chi connectivity index (χ0) is 12.2. The van der Waals surface area contributed by atoms with Crippen molar-refractivity contribution in [3.05, 3.63) is 23.7 Å². The molecule has 1 saturated carbocycles. The van der Waals surface area contributed by atoms with E-state index in [4.69, 9.17) is 4.98 Å². The van der Waals surface area contributed by atoms with E-state index in [0.717, 1.165) is 16.9 Å². The van der Waals surface area contributed by atoms with E-state index in [1.165, 1.54) is 18.5 Å². The molecule has 90 valence electrons. The molecule has 3 nitrogen and oxygen atoms in total. The summed E-state index contributed by atoms with van der Waals surface area (Å²) in [5.74, 6) is 0.432. The summed E-state index contributed by atoms with van der Waals surface area (Å²) in [6.45, 7) is 6.63. The molecule has 3 rings (SSSR count). The first-order chi connectivity index (χ1) is 8.01. The molecule has 0 bridgehead atoms. The van der Waals surface area contributed by atoms with Crippen LogP contribution in [0.2, 0.25) is 0 Å². The van der Waals surface area contributed by atoms with Crippen LogP contribution in [0.15, 0.2) is 12.3 Å². The fraction of sp³-hybridized carbons (Fsp3) is 0.571. The van der Waals surface area contributed by atoms with E-state index in [-0.39, 0.29) is 0 Å². The molecule has 1 aliphatic rings. The van der Waals surface area contributed by atoms with Gasteiger partial charge in [-0.2, -0.15) is 0 Å². The lowest BCUT2D eigenvalue weighted by molar-refractivity contribution is 0.694. The van der Waals surface area contributed by atoms with Gasteiger partial charge in [0.25, 0.3) is 0 Å². The van der Waals surface area contributed by atoms with E-state index in [9.17, 15) is 0 Å². The molecule has 1 aliphatic carbocycles. The smallest absolute Gasteiger partial charge is 0.158 e. The molecule has 17 heavy (non-hydrogen) atoms. The molecule has 1 fully saturated rings. The highest BCUT2D eigenvalue weighted by Crippen LogP contribution is 2.48. The summed E-state index contributed by atoms with van der Waals surface area (Å²) < 4.78 is 2.22. The number of fused-ring (bicyclic) bond motifs is 1. The Morgan fingerprint density at radius 3 is 2.65 bits per heavy atom. The van der Waals surface area contributed by atoms with Gasteiger partial charge < -0.3 is 4.57 Å². The van der Waals surface area contributed by atoms with E-state index in [0.29, 0.717) is 11.3 Å². The van der Waals surface area contributed by atoms with Crippen LogP contribution in [-0.4, -0.2) is 14.5 Å². The van der Waals surface area contributed by atoms with Gasteiger partial charge in [-0.3, -0.25) is 4.98 Å². The molecule has 0 spiro atoms. The van der Waals surface area contributed by atoms with E-state index >= 15 is 0 Å². The molecule has 0 atom stereocenters. The van der Waals surface area contributed by atoms with Gasteiger partial charge in [0.15, 0.2) is 5.65 Å². The Hall–Kier alpha value is -1.38. The molecule has 2 aromatic rings. The maximum absolute atomic E-state index is 4.74. The standard InChI is InChI=1S/C14H19N3/c1-9(2)11-8-15-10-7-12(14(3)5-6-14)17(4)13(10)16-11/h7-9H,5-6H2,1-4H3. The Bertz CT molecular complexity index is 576. The number of hydrogen-bond acceptors (Lipinski definition) is 2. The predicted octanol–water partition coefficient (Wildman–Crippen LogP) is 3.14. The minimum absolute atomic E-state index is 0.370. The van der Waals surface area contributed by atoms with Crippen molar-refractivity contribution in [2.75, 3.05) is 0 Å². The average Bonchev–Trinajstić information content (AvgIpc) is 2.95. The van der Waals surface area contributed by atoms with Crippen LogP contribution in [-0.2, 0) is 12.5 Å². The van der Waals surface area contributed by atoms with Gasteiger partial charge in [0.1, 0.15) is 5.52 Å². The van der Waals surface area contributed by atoms with Crippen molar-refractivity contribution in [1.29, 1.82) is 0 Å². The molecule has 2 aromatic heterocycles. The lowest BCUT2D eigenvalue weighted by Gasteiger charge is -2.10. The molecule has 3 heteroatoms. The minimum Gasteiger partial charge on any atom is -0.331 e. The van der Waals surface area contributed by atoms with Gasteiger partial charge in [0, 0.05) is 24.4 Å². The summed E-state index contributed by atoms with van der Waals surface area (Å²) >= 11 is 0. The molecule has 0 saturated heterocycles. The van der Waals surface area contributed by atoms with E-state index < -0.39 is 0 Å². The van der Waals surface area contributed by atoms with Crippen molar-refractivity contribution in [3.8, 4) is 0 Å². The SMILES string of the molecule is CC(C)c1cnc2cc(C3(C)CC3)n(C)c2n1. The fourth-order valence-electron chi connectivity index (χ4n) is 2.39. The summed E-state index contributed by atoms with van der Waals surface area (Å²) in [6, 6.07) is 2.21. The Balaban J connectivity index is 2.20. The first-order valence-electron chi connectivity index (χ1n) is 6.34. The lowest BCUT2D eigenvalue weighted by Crippen LogP contribution is -2.07. The summed E-state index contributed by atoms with van der Waals surface area (Å²) in [7, 11) is 2.11. The molecular weight excluding hydrogens is 210 g/mol. The third-order valence-electron chi connectivity index (χ3n) is 3.96. The second-order valence-electron chi connectivity index (χ2n) is 5.81. The second kappa shape index (κ2) is 3.31. The third-order valence-corrected chi connectivity index (χ3v) is 3.96. The van der Waals surface area contributed by atoms with Crippen LogP contribution in [0.1, 0.15) is 50.9 Å². The number of hydrogen-bond donors (Lipinski definition) is 0. The Kier molecular flexibility index (Phi) is 2.09. The second-order valence-corrected chi connectivity index (χ2v) is 5.81. The third kappa shape index (κ3) is 1.56. The van der Waals surface area contributed by atoms with Crippen molar-refractivity contribution < 1.29 is 0 Å². The van der Waals surface area contributed by atoms with Crippen molar-refractivity contribution in [2.24, 2.45) is 7.05 Å². The van der Waals surface area contributed by atoms with Crippen LogP contribution >= 0.6 is 0 Å². The van der Waals surface area contributed by atoms with Gasteiger partial charge in [0.05, 0.1) is 5.69 Å². The molecular formula is C14H19N3. The van der Waals surface area contributed by atoms with Crippen LogP contribution in [0.5, 0.6) is 0 Å². The maximum Gasteiger partial charge on any atom is 0.158 e. The van der Waals surface area contributed by atoms with Crippen molar-refractivity contribution in [3.63, 3.8) is 0 Å². The van der Waals surface area contributed by atoms with Crippen molar-refractivity contribution >= 4 is 11.2 Å². The van der Waals surface area contributed by atoms with E-state index in [2.05, 4.69) is 43.4 Å². The molecule has 0 amide bonds. The van der Waals surface area contributed by atoms with Gasteiger partial charge in [-0.1, -0.05) is 20.8 Å². The first-order valence-corrected chi connectivity index (χ1v) is 6.34. The molecule has 0 unspecified atom stereocenters. The summed E-state index contributed by atoms with van der Waals surface area (Å²) in [5, 5.41) is 0. The van der Waals surface area contributed by atoms with E-state index in [1.54, 1.807) is 0 Å². The zero-order valence-electron chi connectivity index (χ0n) is 11.0. The normalized spacial score (nSPS) is 17.9. The largest absolute Gasteiger partial charge is 0.331 e. The van der Waals surface area contributed by atoms with Crippen LogP contribution < -0.4 is 0 Å².